The number of halogens is 1. The molecule has 1 aromatic heterocycles. The SMILES string of the molecule is CCNC(=NCc1cccc(OC)c1)NCc1cc(C(=O)OC)c(C)o1.I. The van der Waals surface area contributed by atoms with E-state index in [2.05, 4.69) is 15.6 Å². The quantitative estimate of drug-likeness (QED) is 0.270. The van der Waals surface area contributed by atoms with Gasteiger partial charge in [-0.05, 0) is 37.6 Å². The molecule has 0 spiro atoms. The highest BCUT2D eigenvalue weighted by atomic mass is 127. The van der Waals surface area contributed by atoms with Gasteiger partial charge in [-0.25, -0.2) is 9.79 Å². The molecule has 0 saturated heterocycles. The number of guanidine groups is 1. The number of nitrogens with one attached hydrogen (secondary N) is 2. The average molecular weight is 487 g/mol. The number of aliphatic imine (C=N–C) groups is 1. The number of ether oxygens (including phenoxy) is 2. The number of aryl methyl sites for hydroxylation is 1. The zero-order valence-corrected chi connectivity index (χ0v) is 18.3. The molecule has 0 unspecified atom stereocenters. The van der Waals surface area contributed by atoms with Crippen molar-refractivity contribution in [2.45, 2.75) is 26.9 Å². The lowest BCUT2D eigenvalue weighted by atomic mass is 10.2. The van der Waals surface area contributed by atoms with E-state index in [0.717, 1.165) is 17.9 Å². The van der Waals surface area contributed by atoms with Gasteiger partial charge in [-0.15, -0.1) is 24.0 Å². The summed E-state index contributed by atoms with van der Waals surface area (Å²) in [6.07, 6.45) is 0. The second kappa shape index (κ2) is 11.5. The fraction of sp³-hybridized carbons (Fsp3) is 0.368. The lowest BCUT2D eigenvalue weighted by molar-refractivity contribution is 0.0599. The molecular formula is C19H26IN3O4. The Morgan fingerprint density at radius 1 is 1.22 bits per heavy atom. The van der Waals surface area contributed by atoms with E-state index in [0.29, 0.717) is 36.1 Å². The Morgan fingerprint density at radius 3 is 2.67 bits per heavy atom. The van der Waals surface area contributed by atoms with Gasteiger partial charge in [0.15, 0.2) is 5.96 Å². The number of carbonyl (C=O) groups excluding carboxylic acids is 1. The number of carbonyl (C=O) groups is 1. The summed E-state index contributed by atoms with van der Waals surface area (Å²) < 4.78 is 15.6. The number of nitrogens with zero attached hydrogens (tertiary/aromatic N) is 1. The number of methoxy groups -OCH3 is 2. The zero-order valence-electron chi connectivity index (χ0n) is 16.0. The first-order valence-corrected chi connectivity index (χ1v) is 8.40. The molecule has 2 N–H and O–H groups in total. The highest BCUT2D eigenvalue weighted by Crippen LogP contribution is 2.16. The number of hydrogen-bond acceptors (Lipinski definition) is 5. The molecule has 27 heavy (non-hydrogen) atoms. The Labute approximate surface area is 176 Å². The van der Waals surface area contributed by atoms with Gasteiger partial charge in [0, 0.05) is 6.54 Å². The molecule has 1 heterocycles. The Balaban J connectivity index is 0.00000364. The topological polar surface area (TPSA) is 85.1 Å². The van der Waals surface area contributed by atoms with Gasteiger partial charge >= 0.3 is 5.97 Å². The maximum absolute atomic E-state index is 11.7. The third kappa shape index (κ3) is 6.78. The Bertz CT molecular complexity index is 774. The average Bonchev–Trinajstić information content (AvgIpc) is 3.04. The summed E-state index contributed by atoms with van der Waals surface area (Å²) in [6.45, 7) is 5.38. The van der Waals surface area contributed by atoms with Crippen LogP contribution in [0.5, 0.6) is 5.75 Å². The monoisotopic (exact) mass is 487 g/mol. The minimum atomic E-state index is -0.406. The van der Waals surface area contributed by atoms with Crippen LogP contribution in [0.2, 0.25) is 0 Å². The fourth-order valence-electron chi connectivity index (χ4n) is 2.40. The van der Waals surface area contributed by atoms with E-state index in [1.54, 1.807) is 20.1 Å². The molecule has 1 aromatic carbocycles. The lowest BCUT2D eigenvalue weighted by Crippen LogP contribution is -2.36. The number of rotatable bonds is 7. The first-order valence-electron chi connectivity index (χ1n) is 8.40. The van der Waals surface area contributed by atoms with Crippen LogP contribution >= 0.6 is 24.0 Å². The van der Waals surface area contributed by atoms with Crippen molar-refractivity contribution in [2.24, 2.45) is 4.99 Å². The highest BCUT2D eigenvalue weighted by Gasteiger charge is 2.15. The molecule has 8 heteroatoms. The van der Waals surface area contributed by atoms with E-state index in [1.807, 2.05) is 31.2 Å². The van der Waals surface area contributed by atoms with Gasteiger partial charge < -0.3 is 24.5 Å². The van der Waals surface area contributed by atoms with Crippen LogP contribution in [0, 0.1) is 6.92 Å². The molecule has 0 fully saturated rings. The van der Waals surface area contributed by atoms with Gasteiger partial charge in [0.25, 0.3) is 0 Å². The van der Waals surface area contributed by atoms with Crippen LogP contribution in [0.25, 0.3) is 0 Å². The van der Waals surface area contributed by atoms with E-state index in [-0.39, 0.29) is 24.0 Å². The van der Waals surface area contributed by atoms with Crippen LogP contribution in [0.3, 0.4) is 0 Å². The van der Waals surface area contributed by atoms with Gasteiger partial charge in [0.2, 0.25) is 0 Å². The number of benzene rings is 1. The summed E-state index contributed by atoms with van der Waals surface area (Å²) in [5.41, 5.74) is 1.48. The predicted octanol–water partition coefficient (Wildman–Crippen LogP) is 3.26. The molecular weight excluding hydrogens is 461 g/mol. The van der Waals surface area contributed by atoms with Crippen molar-refractivity contribution in [3.63, 3.8) is 0 Å². The molecule has 7 nitrogen and oxygen atoms in total. The largest absolute Gasteiger partial charge is 0.497 e. The zero-order chi connectivity index (χ0) is 18.9. The summed E-state index contributed by atoms with van der Waals surface area (Å²) in [6, 6.07) is 9.46. The summed E-state index contributed by atoms with van der Waals surface area (Å²) in [7, 11) is 2.99. The molecule has 0 atom stereocenters. The standard InChI is InChI=1S/C19H25N3O4.HI/c1-5-20-19(21-11-14-7-6-8-15(9-14)24-3)22-12-16-10-17(13(2)26-16)18(23)25-4;/h6-10H,5,11-12H2,1-4H3,(H2,20,21,22);1H. The molecule has 0 aliphatic rings. The van der Waals surface area contributed by atoms with Crippen molar-refractivity contribution >= 4 is 35.9 Å². The molecule has 0 amide bonds. The molecule has 0 aliphatic carbocycles. The third-order valence-electron chi connectivity index (χ3n) is 3.70. The van der Waals surface area contributed by atoms with E-state index in [4.69, 9.17) is 13.9 Å². The van der Waals surface area contributed by atoms with Gasteiger partial charge in [-0.1, -0.05) is 12.1 Å². The Kier molecular flexibility index (Phi) is 9.70. The van der Waals surface area contributed by atoms with Gasteiger partial charge in [-0.2, -0.15) is 0 Å². The summed E-state index contributed by atoms with van der Waals surface area (Å²) in [5.74, 6) is 2.22. The van der Waals surface area contributed by atoms with Crippen molar-refractivity contribution in [2.75, 3.05) is 20.8 Å². The highest BCUT2D eigenvalue weighted by molar-refractivity contribution is 14.0. The van der Waals surface area contributed by atoms with Crippen LogP contribution < -0.4 is 15.4 Å². The van der Waals surface area contributed by atoms with Crippen LogP contribution in [-0.2, 0) is 17.8 Å². The van der Waals surface area contributed by atoms with E-state index >= 15 is 0 Å². The first-order chi connectivity index (χ1) is 12.6. The van der Waals surface area contributed by atoms with Crippen LogP contribution in [0.15, 0.2) is 39.7 Å². The molecule has 2 aromatic rings. The predicted molar refractivity (Wildman–Crippen MR) is 115 cm³/mol. The Hall–Kier alpha value is -2.23. The van der Waals surface area contributed by atoms with Crippen molar-refractivity contribution in [1.29, 1.82) is 0 Å². The minimum Gasteiger partial charge on any atom is -0.497 e. The minimum absolute atomic E-state index is 0. The second-order valence-corrected chi connectivity index (χ2v) is 5.57. The maximum Gasteiger partial charge on any atom is 0.341 e. The molecule has 148 valence electrons. The third-order valence-corrected chi connectivity index (χ3v) is 3.70. The maximum atomic E-state index is 11.7. The summed E-state index contributed by atoms with van der Waals surface area (Å²) >= 11 is 0. The van der Waals surface area contributed by atoms with Gasteiger partial charge in [-0.3, -0.25) is 0 Å². The van der Waals surface area contributed by atoms with Crippen LogP contribution in [0.4, 0.5) is 0 Å². The Morgan fingerprint density at radius 2 is 2.00 bits per heavy atom. The molecule has 0 radical (unpaired) electrons. The lowest BCUT2D eigenvalue weighted by Gasteiger charge is -2.10. The summed E-state index contributed by atoms with van der Waals surface area (Å²) in [4.78, 5) is 16.2. The van der Waals surface area contributed by atoms with E-state index in [9.17, 15) is 4.79 Å². The number of furan rings is 1. The van der Waals surface area contributed by atoms with Crippen molar-refractivity contribution in [3.8, 4) is 5.75 Å². The molecule has 0 aliphatic heterocycles. The normalized spacial score (nSPS) is 10.7. The van der Waals surface area contributed by atoms with Crippen LogP contribution in [0.1, 0.15) is 34.4 Å². The molecule has 0 bridgehead atoms. The van der Waals surface area contributed by atoms with Crippen molar-refractivity contribution in [3.05, 3.63) is 53.0 Å². The smallest absolute Gasteiger partial charge is 0.341 e. The van der Waals surface area contributed by atoms with Gasteiger partial charge in [0.05, 0.1) is 27.3 Å². The van der Waals surface area contributed by atoms with Crippen molar-refractivity contribution < 1.29 is 18.7 Å². The molecule has 0 saturated carbocycles. The second-order valence-electron chi connectivity index (χ2n) is 5.57. The first kappa shape index (κ1) is 22.8. The fourth-order valence-corrected chi connectivity index (χ4v) is 2.40. The number of esters is 1. The number of hydrogen-bond donors (Lipinski definition) is 2. The molecule has 2 rings (SSSR count). The van der Waals surface area contributed by atoms with Crippen molar-refractivity contribution in [1.82, 2.24) is 10.6 Å². The van der Waals surface area contributed by atoms with Gasteiger partial charge in [0.1, 0.15) is 22.8 Å². The summed E-state index contributed by atoms with van der Waals surface area (Å²) in [5, 5.41) is 6.38. The van der Waals surface area contributed by atoms with E-state index in [1.165, 1.54) is 7.11 Å². The van der Waals surface area contributed by atoms with E-state index < -0.39 is 5.97 Å². The van der Waals surface area contributed by atoms with Crippen LogP contribution in [-0.4, -0.2) is 32.7 Å².